The molecule has 0 amide bonds. The van der Waals surface area contributed by atoms with Crippen molar-refractivity contribution in [3.8, 4) is 0 Å². The number of aliphatic carboxylic acids is 1. The number of benzene rings is 1. The lowest BCUT2D eigenvalue weighted by Crippen LogP contribution is -2.33. The number of nitrogens with one attached hydrogen (secondary N) is 2. The number of sulfonamides is 1. The van der Waals surface area contributed by atoms with E-state index in [2.05, 4.69) is 10.0 Å². The second-order valence-electron chi connectivity index (χ2n) is 5.19. The van der Waals surface area contributed by atoms with E-state index in [1.807, 2.05) is 6.92 Å². The third kappa shape index (κ3) is 3.95. The van der Waals surface area contributed by atoms with E-state index < -0.39 is 22.0 Å². The molecule has 0 saturated heterocycles. The molecule has 3 N–H and O–H groups in total. The van der Waals surface area contributed by atoms with Crippen LogP contribution >= 0.6 is 0 Å². The van der Waals surface area contributed by atoms with Crippen LogP contribution in [0.15, 0.2) is 29.2 Å². The maximum Gasteiger partial charge on any atom is 0.326 e. The molecule has 0 bridgehead atoms. The Kier molecular flexibility index (Phi) is 4.84. The molecule has 1 aromatic rings. The van der Waals surface area contributed by atoms with Gasteiger partial charge in [-0.1, -0.05) is 19.1 Å². The quantitative estimate of drug-likeness (QED) is 0.678. The van der Waals surface area contributed by atoms with E-state index in [0.717, 1.165) is 12.8 Å². The molecular weight excluding hydrogens is 292 g/mol. The van der Waals surface area contributed by atoms with Gasteiger partial charge in [-0.15, -0.1) is 0 Å². The largest absolute Gasteiger partial charge is 0.480 e. The molecule has 6 nitrogen and oxygen atoms in total. The molecule has 1 aromatic carbocycles. The summed E-state index contributed by atoms with van der Waals surface area (Å²) >= 11 is 0. The molecule has 116 valence electrons. The summed E-state index contributed by atoms with van der Waals surface area (Å²) < 4.78 is 27.0. The summed E-state index contributed by atoms with van der Waals surface area (Å²) in [4.78, 5) is 11.4. The van der Waals surface area contributed by atoms with Crippen molar-refractivity contribution in [3.63, 3.8) is 0 Å². The van der Waals surface area contributed by atoms with Crippen molar-refractivity contribution in [2.45, 2.75) is 37.1 Å². The lowest BCUT2D eigenvalue weighted by atomic mass is 10.1. The summed E-state index contributed by atoms with van der Waals surface area (Å²) in [5.41, 5.74) is 0.334. The van der Waals surface area contributed by atoms with Crippen LogP contribution in [0.25, 0.3) is 0 Å². The highest BCUT2D eigenvalue weighted by molar-refractivity contribution is 7.89. The highest BCUT2D eigenvalue weighted by Gasteiger charge is 2.37. The van der Waals surface area contributed by atoms with Crippen LogP contribution in [-0.2, 0) is 14.8 Å². The van der Waals surface area contributed by atoms with E-state index in [1.165, 1.54) is 6.07 Å². The summed E-state index contributed by atoms with van der Waals surface area (Å²) in [5, 5.41) is 12.1. The Morgan fingerprint density at radius 1 is 1.38 bits per heavy atom. The third-order valence-electron chi connectivity index (χ3n) is 3.39. The Labute approximate surface area is 124 Å². The molecule has 1 aliphatic rings. The molecule has 0 radical (unpaired) electrons. The normalized spacial score (nSPS) is 16.4. The molecule has 1 saturated carbocycles. The second kappa shape index (κ2) is 6.44. The summed E-state index contributed by atoms with van der Waals surface area (Å²) in [6.45, 7) is 2.22. The summed E-state index contributed by atoms with van der Waals surface area (Å²) in [5.74, 6) is -0.881. The smallest absolute Gasteiger partial charge is 0.326 e. The average molecular weight is 312 g/mol. The molecule has 0 aliphatic heterocycles. The number of carboxylic acids is 1. The first kappa shape index (κ1) is 15.8. The average Bonchev–Trinajstić information content (AvgIpc) is 3.27. The number of hydrogen-bond acceptors (Lipinski definition) is 4. The van der Waals surface area contributed by atoms with Gasteiger partial charge in [0, 0.05) is 6.54 Å². The Hall–Kier alpha value is -1.60. The van der Waals surface area contributed by atoms with E-state index in [-0.39, 0.29) is 10.8 Å². The van der Waals surface area contributed by atoms with Crippen molar-refractivity contribution in [3.05, 3.63) is 24.3 Å². The summed E-state index contributed by atoms with van der Waals surface area (Å²) in [6, 6.07) is 5.64. The van der Waals surface area contributed by atoms with Crippen LogP contribution in [-0.4, -0.2) is 32.1 Å². The Morgan fingerprint density at radius 3 is 2.62 bits per heavy atom. The van der Waals surface area contributed by atoms with E-state index in [9.17, 15) is 18.3 Å². The number of hydrogen-bond donors (Lipinski definition) is 3. The number of carbonyl (C=O) groups is 1. The van der Waals surface area contributed by atoms with Gasteiger partial charge in [-0.05, 0) is 37.3 Å². The van der Waals surface area contributed by atoms with Gasteiger partial charge >= 0.3 is 5.97 Å². The number of anilines is 1. The minimum absolute atomic E-state index is 0.0712. The maximum atomic E-state index is 12.3. The van der Waals surface area contributed by atoms with Crippen LogP contribution in [0.4, 0.5) is 5.69 Å². The molecule has 2 rings (SSSR count). The van der Waals surface area contributed by atoms with Crippen molar-refractivity contribution in [2.75, 3.05) is 11.9 Å². The molecule has 1 unspecified atom stereocenters. The van der Waals surface area contributed by atoms with Crippen molar-refractivity contribution < 1.29 is 18.3 Å². The predicted molar refractivity (Wildman–Crippen MR) is 79.7 cm³/mol. The van der Waals surface area contributed by atoms with Crippen LogP contribution < -0.4 is 10.0 Å². The topological polar surface area (TPSA) is 95.5 Å². The second-order valence-corrected chi connectivity index (χ2v) is 6.93. The summed E-state index contributed by atoms with van der Waals surface area (Å²) in [7, 11) is -3.64. The first-order valence-electron chi connectivity index (χ1n) is 7.03. The highest BCUT2D eigenvalue weighted by Crippen LogP contribution is 2.35. The molecule has 1 aliphatic carbocycles. The molecule has 1 fully saturated rings. The standard InChI is InChI=1S/C14H20N2O4S/c1-2-9-15-21(19,20)12-6-4-3-5-11(12)16-13(14(17)18)10-7-8-10/h3-6,10,13,15-16H,2,7-9H2,1H3,(H,17,18). The van der Waals surface area contributed by atoms with E-state index in [1.54, 1.807) is 18.2 Å². The monoisotopic (exact) mass is 312 g/mol. The van der Waals surface area contributed by atoms with Crippen molar-refractivity contribution in [1.82, 2.24) is 4.72 Å². The van der Waals surface area contributed by atoms with Crippen LogP contribution in [0, 0.1) is 5.92 Å². The lowest BCUT2D eigenvalue weighted by Gasteiger charge is -2.18. The predicted octanol–water partition coefficient (Wildman–Crippen LogP) is 1.65. The Morgan fingerprint density at radius 2 is 2.05 bits per heavy atom. The minimum atomic E-state index is -3.64. The van der Waals surface area contributed by atoms with E-state index in [0.29, 0.717) is 18.7 Å². The van der Waals surface area contributed by atoms with Crippen LogP contribution in [0.5, 0.6) is 0 Å². The van der Waals surface area contributed by atoms with Gasteiger partial charge in [0.15, 0.2) is 0 Å². The van der Waals surface area contributed by atoms with Gasteiger partial charge in [-0.2, -0.15) is 0 Å². The molecule has 0 aromatic heterocycles. The van der Waals surface area contributed by atoms with E-state index >= 15 is 0 Å². The van der Waals surface area contributed by atoms with Gasteiger partial charge in [0.25, 0.3) is 0 Å². The van der Waals surface area contributed by atoms with Crippen LogP contribution in [0.1, 0.15) is 26.2 Å². The Balaban J connectivity index is 2.26. The van der Waals surface area contributed by atoms with Gasteiger partial charge in [0.05, 0.1) is 5.69 Å². The highest BCUT2D eigenvalue weighted by atomic mass is 32.2. The zero-order valence-corrected chi connectivity index (χ0v) is 12.7. The first-order valence-corrected chi connectivity index (χ1v) is 8.52. The van der Waals surface area contributed by atoms with Gasteiger partial charge in [0.2, 0.25) is 10.0 Å². The molecule has 1 atom stereocenters. The minimum Gasteiger partial charge on any atom is -0.480 e. The van der Waals surface area contributed by atoms with Crippen molar-refractivity contribution >= 4 is 21.7 Å². The van der Waals surface area contributed by atoms with Gasteiger partial charge in [-0.25, -0.2) is 17.9 Å². The lowest BCUT2D eigenvalue weighted by molar-refractivity contribution is -0.138. The fourth-order valence-electron chi connectivity index (χ4n) is 2.11. The van der Waals surface area contributed by atoms with Gasteiger partial charge < -0.3 is 10.4 Å². The number of para-hydroxylation sites is 1. The van der Waals surface area contributed by atoms with Crippen molar-refractivity contribution in [2.24, 2.45) is 5.92 Å². The van der Waals surface area contributed by atoms with Gasteiger partial charge in [0.1, 0.15) is 10.9 Å². The SMILES string of the molecule is CCCNS(=O)(=O)c1ccccc1NC(C(=O)O)C1CC1. The number of rotatable bonds is 8. The summed E-state index contributed by atoms with van der Waals surface area (Å²) in [6.07, 6.45) is 2.40. The molecule has 0 heterocycles. The molecule has 7 heteroatoms. The number of carboxylic acid groups (broad SMARTS) is 1. The first-order chi connectivity index (χ1) is 9.95. The fraction of sp³-hybridized carbons (Fsp3) is 0.500. The van der Waals surface area contributed by atoms with Gasteiger partial charge in [-0.3, -0.25) is 0 Å². The molecule has 0 spiro atoms. The van der Waals surface area contributed by atoms with Crippen LogP contribution in [0.3, 0.4) is 0 Å². The fourth-order valence-corrected chi connectivity index (χ4v) is 3.42. The molecule has 21 heavy (non-hydrogen) atoms. The Bertz CT molecular complexity index is 611. The molecular formula is C14H20N2O4S. The third-order valence-corrected chi connectivity index (χ3v) is 4.91. The van der Waals surface area contributed by atoms with Crippen LogP contribution in [0.2, 0.25) is 0 Å². The zero-order chi connectivity index (χ0) is 15.5. The van der Waals surface area contributed by atoms with E-state index in [4.69, 9.17) is 0 Å². The zero-order valence-electron chi connectivity index (χ0n) is 11.9. The van der Waals surface area contributed by atoms with Crippen molar-refractivity contribution in [1.29, 1.82) is 0 Å². The maximum absolute atomic E-state index is 12.3.